The Morgan fingerprint density at radius 3 is 2.65 bits per heavy atom. The second kappa shape index (κ2) is 4.41. The first-order valence-corrected chi connectivity index (χ1v) is 5.97. The fourth-order valence-electron chi connectivity index (χ4n) is 1.84. The highest BCUT2D eigenvalue weighted by atomic mass is 79.9. The Morgan fingerprint density at radius 2 is 2.12 bits per heavy atom. The second-order valence-corrected chi connectivity index (χ2v) is 4.73. The summed E-state index contributed by atoms with van der Waals surface area (Å²) in [5, 5.41) is 4.22. The number of aromatic nitrogens is 2. The minimum absolute atomic E-state index is 0.515. The maximum atomic E-state index is 5.95. The molecule has 2 rings (SSSR count). The zero-order valence-corrected chi connectivity index (χ0v) is 11.6. The summed E-state index contributed by atoms with van der Waals surface area (Å²) in [6, 6.07) is 5.83. The van der Waals surface area contributed by atoms with E-state index in [1.165, 1.54) is 0 Å². The van der Waals surface area contributed by atoms with Gasteiger partial charge in [-0.25, -0.2) is 0 Å². The number of hydrogen-bond acceptors (Lipinski definition) is 3. The van der Waals surface area contributed by atoms with Gasteiger partial charge in [0.05, 0.1) is 12.7 Å². The van der Waals surface area contributed by atoms with Crippen LogP contribution in [-0.2, 0) is 7.05 Å². The first kappa shape index (κ1) is 12.0. The molecule has 2 N–H and O–H groups in total. The van der Waals surface area contributed by atoms with Crippen molar-refractivity contribution in [1.82, 2.24) is 9.78 Å². The van der Waals surface area contributed by atoms with Crippen LogP contribution in [0, 0.1) is 6.92 Å². The fourth-order valence-corrected chi connectivity index (χ4v) is 2.20. The van der Waals surface area contributed by atoms with E-state index < -0.39 is 0 Å². The Balaban J connectivity index is 2.71. The van der Waals surface area contributed by atoms with Gasteiger partial charge in [-0.3, -0.25) is 4.68 Å². The summed E-state index contributed by atoms with van der Waals surface area (Å²) >= 11 is 3.46. The van der Waals surface area contributed by atoms with Crippen LogP contribution in [-0.4, -0.2) is 16.9 Å². The van der Waals surface area contributed by atoms with Crippen molar-refractivity contribution in [3.63, 3.8) is 0 Å². The molecule has 0 atom stereocenters. The summed E-state index contributed by atoms with van der Waals surface area (Å²) in [4.78, 5) is 0. The van der Waals surface area contributed by atoms with Gasteiger partial charge in [-0.15, -0.1) is 0 Å². The van der Waals surface area contributed by atoms with Crippen molar-refractivity contribution in [2.75, 3.05) is 12.8 Å². The summed E-state index contributed by atoms with van der Waals surface area (Å²) in [5.74, 6) is 1.30. The molecule has 2 aromatic rings. The normalized spacial score (nSPS) is 10.6. The molecule has 0 aliphatic heterocycles. The van der Waals surface area contributed by atoms with E-state index >= 15 is 0 Å². The van der Waals surface area contributed by atoms with Crippen molar-refractivity contribution >= 4 is 21.7 Å². The van der Waals surface area contributed by atoms with Crippen LogP contribution < -0.4 is 10.5 Å². The van der Waals surface area contributed by atoms with Crippen LogP contribution >= 0.6 is 15.9 Å². The third-order valence-electron chi connectivity index (χ3n) is 2.79. The molecule has 0 aliphatic carbocycles. The lowest BCUT2D eigenvalue weighted by atomic mass is 10.0. The average molecular weight is 296 g/mol. The molecule has 0 aliphatic rings. The van der Waals surface area contributed by atoms with Crippen LogP contribution in [0.15, 0.2) is 22.7 Å². The van der Waals surface area contributed by atoms with Gasteiger partial charge in [-0.1, -0.05) is 15.9 Å². The topological polar surface area (TPSA) is 53.1 Å². The maximum Gasteiger partial charge on any atom is 0.153 e. The first-order valence-electron chi connectivity index (χ1n) is 5.17. The zero-order valence-electron chi connectivity index (χ0n) is 9.99. The van der Waals surface area contributed by atoms with Gasteiger partial charge in [0.25, 0.3) is 0 Å². The molecule has 1 aromatic carbocycles. The molecular weight excluding hydrogens is 282 g/mol. The number of nitrogens with zero attached hydrogens (tertiary/aromatic N) is 2. The molecule has 17 heavy (non-hydrogen) atoms. The zero-order chi connectivity index (χ0) is 12.6. The van der Waals surface area contributed by atoms with E-state index in [2.05, 4.69) is 21.0 Å². The summed E-state index contributed by atoms with van der Waals surface area (Å²) < 4.78 is 8.11. The standard InChI is InChI=1S/C12H14BrN3O/c1-7-11(12(14)15-16(7)2)9-6-8(13)4-5-10(9)17-3/h4-6H,1-3H3,(H2,14,15). The van der Waals surface area contributed by atoms with Gasteiger partial charge in [0.1, 0.15) is 5.75 Å². The predicted octanol–water partition coefficient (Wildman–Crippen LogP) is 2.75. The van der Waals surface area contributed by atoms with Gasteiger partial charge in [0.15, 0.2) is 5.82 Å². The Kier molecular flexibility index (Phi) is 3.11. The number of halogens is 1. The summed E-state index contributed by atoms with van der Waals surface area (Å²) in [5.41, 5.74) is 8.83. The molecule has 0 amide bonds. The lowest BCUT2D eigenvalue weighted by Gasteiger charge is -2.09. The van der Waals surface area contributed by atoms with Gasteiger partial charge in [-0.05, 0) is 25.1 Å². The monoisotopic (exact) mass is 295 g/mol. The van der Waals surface area contributed by atoms with E-state index in [1.54, 1.807) is 11.8 Å². The summed E-state index contributed by atoms with van der Waals surface area (Å²) in [7, 11) is 3.52. The molecule has 4 nitrogen and oxygen atoms in total. The van der Waals surface area contributed by atoms with Crippen LogP contribution in [0.3, 0.4) is 0 Å². The van der Waals surface area contributed by atoms with Crippen LogP contribution in [0.25, 0.3) is 11.1 Å². The van der Waals surface area contributed by atoms with Crippen molar-refractivity contribution in [3.05, 3.63) is 28.4 Å². The largest absolute Gasteiger partial charge is 0.496 e. The van der Waals surface area contributed by atoms with Crippen molar-refractivity contribution in [2.45, 2.75) is 6.92 Å². The molecule has 0 fully saturated rings. The van der Waals surface area contributed by atoms with Gasteiger partial charge in [0, 0.05) is 22.8 Å². The molecule has 0 bridgehead atoms. The highest BCUT2D eigenvalue weighted by molar-refractivity contribution is 9.10. The van der Waals surface area contributed by atoms with Crippen molar-refractivity contribution in [2.24, 2.45) is 7.05 Å². The fraction of sp³-hybridized carbons (Fsp3) is 0.250. The number of rotatable bonds is 2. The number of ether oxygens (including phenoxy) is 1. The highest BCUT2D eigenvalue weighted by Gasteiger charge is 2.16. The number of benzene rings is 1. The molecule has 1 heterocycles. The summed E-state index contributed by atoms with van der Waals surface area (Å²) in [6.45, 7) is 1.99. The van der Waals surface area contributed by atoms with Crippen LogP contribution in [0.4, 0.5) is 5.82 Å². The SMILES string of the molecule is COc1ccc(Br)cc1-c1c(N)nn(C)c1C. The Labute approximate surface area is 109 Å². The predicted molar refractivity (Wildman–Crippen MR) is 72.0 cm³/mol. The van der Waals surface area contributed by atoms with Crippen LogP contribution in [0.1, 0.15) is 5.69 Å². The molecule has 90 valence electrons. The maximum absolute atomic E-state index is 5.95. The number of anilines is 1. The Bertz CT molecular complexity index is 563. The van der Waals surface area contributed by atoms with E-state index in [1.807, 2.05) is 32.2 Å². The quantitative estimate of drug-likeness (QED) is 0.927. The van der Waals surface area contributed by atoms with Gasteiger partial charge >= 0.3 is 0 Å². The van der Waals surface area contributed by atoms with E-state index in [4.69, 9.17) is 10.5 Å². The highest BCUT2D eigenvalue weighted by Crippen LogP contribution is 2.37. The van der Waals surface area contributed by atoms with Crippen LogP contribution in [0.2, 0.25) is 0 Å². The molecule has 0 saturated carbocycles. The Hall–Kier alpha value is -1.49. The van der Waals surface area contributed by atoms with E-state index in [0.717, 1.165) is 27.0 Å². The molecule has 0 radical (unpaired) electrons. The third-order valence-corrected chi connectivity index (χ3v) is 3.29. The lowest BCUT2D eigenvalue weighted by Crippen LogP contribution is -1.93. The van der Waals surface area contributed by atoms with Gasteiger partial charge in [0.2, 0.25) is 0 Å². The van der Waals surface area contributed by atoms with Crippen molar-refractivity contribution < 1.29 is 4.74 Å². The van der Waals surface area contributed by atoms with Crippen molar-refractivity contribution in [1.29, 1.82) is 0 Å². The summed E-state index contributed by atoms with van der Waals surface area (Å²) in [6.07, 6.45) is 0. The van der Waals surface area contributed by atoms with E-state index in [9.17, 15) is 0 Å². The lowest BCUT2D eigenvalue weighted by molar-refractivity contribution is 0.416. The Morgan fingerprint density at radius 1 is 1.41 bits per heavy atom. The third kappa shape index (κ3) is 2.02. The first-order chi connectivity index (χ1) is 8.04. The molecule has 5 heteroatoms. The average Bonchev–Trinajstić information content (AvgIpc) is 2.53. The van der Waals surface area contributed by atoms with Gasteiger partial charge in [-0.2, -0.15) is 5.10 Å². The van der Waals surface area contributed by atoms with E-state index in [0.29, 0.717) is 5.82 Å². The molecule has 1 aromatic heterocycles. The van der Waals surface area contributed by atoms with E-state index in [-0.39, 0.29) is 0 Å². The number of methoxy groups -OCH3 is 1. The molecule has 0 saturated heterocycles. The smallest absolute Gasteiger partial charge is 0.153 e. The minimum Gasteiger partial charge on any atom is -0.496 e. The number of nitrogens with two attached hydrogens (primary N) is 1. The number of nitrogen functional groups attached to an aromatic ring is 1. The van der Waals surface area contributed by atoms with Gasteiger partial charge < -0.3 is 10.5 Å². The molecule has 0 unspecified atom stereocenters. The number of hydrogen-bond donors (Lipinski definition) is 1. The molecular formula is C12H14BrN3O. The van der Waals surface area contributed by atoms with Crippen LogP contribution in [0.5, 0.6) is 5.75 Å². The second-order valence-electron chi connectivity index (χ2n) is 3.81. The minimum atomic E-state index is 0.515. The number of aryl methyl sites for hydroxylation is 1. The van der Waals surface area contributed by atoms with Crippen molar-refractivity contribution in [3.8, 4) is 16.9 Å². The molecule has 0 spiro atoms.